The molecule has 1 aliphatic heterocycles. The number of carbonyl (C=O) groups is 1. The summed E-state index contributed by atoms with van der Waals surface area (Å²) in [6.45, 7) is 1.95. The van der Waals surface area contributed by atoms with Crippen LogP contribution in [0, 0.1) is 5.92 Å². The number of carbonyl (C=O) groups excluding carboxylic acids is 1. The van der Waals surface area contributed by atoms with Crippen LogP contribution < -0.4 is 16.4 Å². The monoisotopic (exact) mass is 259 g/mol. The van der Waals surface area contributed by atoms with E-state index in [1.165, 1.54) is 11.1 Å². The summed E-state index contributed by atoms with van der Waals surface area (Å²) in [4.78, 5) is 11.3. The van der Waals surface area contributed by atoms with Gasteiger partial charge in [-0.3, -0.25) is 4.79 Å². The highest BCUT2D eigenvalue weighted by Gasteiger charge is 2.25. The number of amides is 1. The van der Waals surface area contributed by atoms with E-state index >= 15 is 0 Å². The third kappa shape index (κ3) is 2.96. The van der Waals surface area contributed by atoms with Crippen LogP contribution in [0.1, 0.15) is 30.4 Å². The minimum absolute atomic E-state index is 0.125. The number of hydrogen-bond donors (Lipinski definition) is 3. The largest absolute Gasteiger partial charge is 0.328 e. The highest BCUT2D eigenvalue weighted by molar-refractivity contribution is 5.93. The average Bonchev–Trinajstić information content (AvgIpc) is 2.37. The maximum Gasteiger partial charge on any atom is 0.224 e. The van der Waals surface area contributed by atoms with E-state index < -0.39 is 0 Å². The number of aryl methyl sites for hydroxylation is 1. The highest BCUT2D eigenvalue weighted by atomic mass is 16.1. The lowest BCUT2D eigenvalue weighted by Gasteiger charge is -2.32. The number of nitrogens with two attached hydrogens (primary N) is 1. The molecule has 0 saturated heterocycles. The van der Waals surface area contributed by atoms with Gasteiger partial charge in [-0.05, 0) is 48.9 Å². The average molecular weight is 259 g/mol. The van der Waals surface area contributed by atoms with Crippen LogP contribution in [-0.2, 0) is 17.8 Å². The van der Waals surface area contributed by atoms with E-state index in [4.69, 9.17) is 5.73 Å². The fraction of sp³-hybridized carbons (Fsp3) is 0.533. The molecule has 0 unspecified atom stereocenters. The van der Waals surface area contributed by atoms with E-state index in [1.54, 1.807) is 0 Å². The topological polar surface area (TPSA) is 67.1 Å². The quantitative estimate of drug-likeness (QED) is 0.765. The second-order valence-corrected chi connectivity index (χ2v) is 5.77. The molecule has 0 aromatic heterocycles. The van der Waals surface area contributed by atoms with Gasteiger partial charge in [-0.15, -0.1) is 0 Å². The summed E-state index contributed by atoms with van der Waals surface area (Å²) < 4.78 is 0. The smallest absolute Gasteiger partial charge is 0.224 e. The molecule has 4 heteroatoms. The molecule has 1 saturated carbocycles. The Bertz CT molecular complexity index is 480. The van der Waals surface area contributed by atoms with Crippen LogP contribution in [0.4, 0.5) is 5.69 Å². The van der Waals surface area contributed by atoms with Gasteiger partial charge in [0.2, 0.25) is 5.91 Å². The van der Waals surface area contributed by atoms with Gasteiger partial charge < -0.3 is 16.4 Å². The fourth-order valence-corrected chi connectivity index (χ4v) is 2.92. The molecule has 4 N–H and O–H groups in total. The van der Waals surface area contributed by atoms with E-state index in [0.717, 1.165) is 44.0 Å². The predicted octanol–water partition coefficient (Wildman–Crippen LogP) is 1.40. The highest BCUT2D eigenvalue weighted by Crippen LogP contribution is 2.25. The Morgan fingerprint density at radius 2 is 2.16 bits per heavy atom. The fourth-order valence-electron chi connectivity index (χ4n) is 2.92. The van der Waals surface area contributed by atoms with Crippen molar-refractivity contribution in [1.29, 1.82) is 0 Å². The Balaban J connectivity index is 1.52. The van der Waals surface area contributed by atoms with Crippen molar-refractivity contribution >= 4 is 11.6 Å². The maximum atomic E-state index is 11.3. The van der Waals surface area contributed by atoms with Gasteiger partial charge in [0.25, 0.3) is 0 Å². The zero-order valence-electron chi connectivity index (χ0n) is 11.1. The van der Waals surface area contributed by atoms with Crippen molar-refractivity contribution in [3.63, 3.8) is 0 Å². The SMILES string of the molecule is NC1CC(CNCc2ccc3c(c2)CCC(=O)N3)C1. The predicted molar refractivity (Wildman–Crippen MR) is 75.8 cm³/mol. The minimum atomic E-state index is 0.125. The first kappa shape index (κ1) is 12.6. The van der Waals surface area contributed by atoms with E-state index in [0.29, 0.717) is 12.5 Å². The van der Waals surface area contributed by atoms with Gasteiger partial charge in [0.1, 0.15) is 0 Å². The van der Waals surface area contributed by atoms with Crippen molar-refractivity contribution < 1.29 is 4.79 Å². The summed E-state index contributed by atoms with van der Waals surface area (Å²) in [6.07, 6.45) is 3.77. The summed E-state index contributed by atoms with van der Waals surface area (Å²) in [6, 6.07) is 6.74. The molecular weight excluding hydrogens is 238 g/mol. The Morgan fingerprint density at radius 1 is 1.32 bits per heavy atom. The summed E-state index contributed by atoms with van der Waals surface area (Å²) in [5.41, 5.74) is 9.30. The molecule has 0 atom stereocenters. The Morgan fingerprint density at radius 3 is 2.95 bits per heavy atom. The van der Waals surface area contributed by atoms with Gasteiger partial charge in [0.15, 0.2) is 0 Å². The van der Waals surface area contributed by atoms with Gasteiger partial charge in [-0.2, -0.15) is 0 Å². The van der Waals surface area contributed by atoms with Crippen molar-refractivity contribution in [2.24, 2.45) is 11.7 Å². The standard InChI is InChI=1S/C15H21N3O/c16-13-6-11(7-13)9-17-8-10-1-3-14-12(5-10)2-4-15(19)18-14/h1,3,5,11,13,17H,2,4,6-9,16H2,(H,18,19). The zero-order chi connectivity index (χ0) is 13.2. The second-order valence-electron chi connectivity index (χ2n) is 5.77. The van der Waals surface area contributed by atoms with E-state index in [2.05, 4.69) is 22.8 Å². The number of benzene rings is 1. The maximum absolute atomic E-state index is 11.3. The molecule has 1 aromatic rings. The lowest BCUT2D eigenvalue weighted by molar-refractivity contribution is -0.116. The number of hydrogen-bond acceptors (Lipinski definition) is 3. The normalized spacial score (nSPS) is 25.4. The first-order valence-corrected chi connectivity index (χ1v) is 7.08. The molecule has 0 radical (unpaired) electrons. The Labute approximate surface area is 113 Å². The number of rotatable bonds is 4. The molecule has 1 fully saturated rings. The summed E-state index contributed by atoms with van der Waals surface area (Å²) >= 11 is 0. The Hall–Kier alpha value is -1.39. The molecule has 2 aliphatic rings. The van der Waals surface area contributed by atoms with Crippen LogP contribution in [0.5, 0.6) is 0 Å². The molecule has 1 heterocycles. The van der Waals surface area contributed by atoms with Crippen LogP contribution >= 0.6 is 0 Å². The molecule has 3 rings (SSSR count). The molecule has 102 valence electrons. The van der Waals surface area contributed by atoms with Crippen LogP contribution in [0.25, 0.3) is 0 Å². The van der Waals surface area contributed by atoms with Crippen molar-refractivity contribution in [3.8, 4) is 0 Å². The summed E-state index contributed by atoms with van der Waals surface area (Å²) in [5, 5.41) is 6.41. The molecule has 19 heavy (non-hydrogen) atoms. The van der Waals surface area contributed by atoms with Crippen LogP contribution in [-0.4, -0.2) is 18.5 Å². The third-order valence-corrected chi connectivity index (χ3v) is 4.10. The van der Waals surface area contributed by atoms with Crippen molar-refractivity contribution in [2.75, 3.05) is 11.9 Å². The van der Waals surface area contributed by atoms with Crippen LogP contribution in [0.2, 0.25) is 0 Å². The molecule has 1 aromatic carbocycles. The lowest BCUT2D eigenvalue weighted by Crippen LogP contribution is -2.41. The molecule has 4 nitrogen and oxygen atoms in total. The number of fused-ring (bicyclic) bond motifs is 1. The van der Waals surface area contributed by atoms with Gasteiger partial charge >= 0.3 is 0 Å². The van der Waals surface area contributed by atoms with Crippen LogP contribution in [0.15, 0.2) is 18.2 Å². The minimum Gasteiger partial charge on any atom is -0.328 e. The summed E-state index contributed by atoms with van der Waals surface area (Å²) in [7, 11) is 0. The number of anilines is 1. The van der Waals surface area contributed by atoms with E-state index in [1.807, 2.05) is 6.07 Å². The molecule has 0 bridgehead atoms. The van der Waals surface area contributed by atoms with Gasteiger partial charge in [0.05, 0.1) is 0 Å². The molecule has 1 amide bonds. The molecule has 1 aliphatic carbocycles. The molecule has 0 spiro atoms. The third-order valence-electron chi connectivity index (χ3n) is 4.10. The van der Waals surface area contributed by atoms with E-state index in [9.17, 15) is 4.79 Å². The number of nitrogens with one attached hydrogen (secondary N) is 2. The van der Waals surface area contributed by atoms with E-state index in [-0.39, 0.29) is 5.91 Å². The van der Waals surface area contributed by atoms with Crippen molar-refractivity contribution in [2.45, 2.75) is 38.3 Å². The Kier molecular flexibility index (Phi) is 3.53. The molecular formula is C15H21N3O. The van der Waals surface area contributed by atoms with Gasteiger partial charge in [-0.25, -0.2) is 0 Å². The second kappa shape index (κ2) is 5.31. The van der Waals surface area contributed by atoms with Gasteiger partial charge in [0, 0.05) is 24.7 Å². The van der Waals surface area contributed by atoms with Crippen LogP contribution in [0.3, 0.4) is 0 Å². The first-order valence-electron chi connectivity index (χ1n) is 7.08. The van der Waals surface area contributed by atoms with Crippen molar-refractivity contribution in [1.82, 2.24) is 5.32 Å². The zero-order valence-corrected chi connectivity index (χ0v) is 11.1. The summed E-state index contributed by atoms with van der Waals surface area (Å²) in [5.74, 6) is 0.881. The van der Waals surface area contributed by atoms with Gasteiger partial charge in [-0.1, -0.05) is 12.1 Å². The lowest BCUT2D eigenvalue weighted by atomic mass is 9.81. The first-order chi connectivity index (χ1) is 9.20. The van der Waals surface area contributed by atoms with Crippen molar-refractivity contribution in [3.05, 3.63) is 29.3 Å².